The number of benzene rings is 2. The van der Waals surface area contributed by atoms with Crippen LogP contribution in [0.25, 0.3) is 0 Å². The molecule has 7 nitrogen and oxygen atoms in total. The molecule has 0 atom stereocenters. The van der Waals surface area contributed by atoms with Crippen molar-refractivity contribution in [3.8, 4) is 11.5 Å². The van der Waals surface area contributed by atoms with Crippen LogP contribution in [-0.4, -0.2) is 35.1 Å². The molecule has 0 fully saturated rings. The molecule has 0 bridgehead atoms. The fourth-order valence-electron chi connectivity index (χ4n) is 2.88. The van der Waals surface area contributed by atoms with Crippen molar-refractivity contribution >= 4 is 38.9 Å². The van der Waals surface area contributed by atoms with Gasteiger partial charge in [0.1, 0.15) is 18.1 Å². The van der Waals surface area contributed by atoms with Crippen LogP contribution in [0.2, 0.25) is 5.02 Å². The summed E-state index contributed by atoms with van der Waals surface area (Å²) in [5.74, 6) is 0.774. The number of hydrogen-bond acceptors (Lipinski definition) is 5. The maximum atomic E-state index is 12.7. The standard InChI is InChI=1S/C19H21ClN2O5S/c1-19(2)11-27-17-7-5-12(9-15(17)22(3)18(19)23)21-28(24,25)13-6-8-16(26-4)14(20)10-13/h5-10,21H,11H2,1-4H3. The van der Waals surface area contributed by atoms with Crippen molar-refractivity contribution in [2.75, 3.05) is 30.4 Å². The van der Waals surface area contributed by atoms with Crippen LogP contribution >= 0.6 is 11.6 Å². The van der Waals surface area contributed by atoms with Gasteiger partial charge >= 0.3 is 0 Å². The summed E-state index contributed by atoms with van der Waals surface area (Å²) >= 11 is 6.04. The molecule has 1 aliphatic rings. The zero-order valence-electron chi connectivity index (χ0n) is 15.9. The van der Waals surface area contributed by atoms with Crippen LogP contribution < -0.4 is 19.1 Å². The number of methoxy groups -OCH3 is 1. The number of halogens is 1. The number of anilines is 2. The number of ether oxygens (including phenoxy) is 2. The van der Waals surface area contributed by atoms with Crippen LogP contribution in [0.3, 0.4) is 0 Å². The second kappa shape index (κ2) is 7.18. The second-order valence-corrected chi connectivity index (χ2v) is 9.21. The molecule has 150 valence electrons. The molecule has 0 saturated carbocycles. The zero-order chi connectivity index (χ0) is 20.7. The summed E-state index contributed by atoms with van der Waals surface area (Å²) in [4.78, 5) is 14.1. The number of fused-ring (bicyclic) bond motifs is 1. The van der Waals surface area contributed by atoms with Gasteiger partial charge in [-0.3, -0.25) is 9.52 Å². The van der Waals surface area contributed by atoms with Crippen LogP contribution in [0.5, 0.6) is 11.5 Å². The molecule has 0 aromatic heterocycles. The van der Waals surface area contributed by atoms with Gasteiger partial charge in [-0.1, -0.05) is 11.6 Å². The fourth-order valence-corrected chi connectivity index (χ4v) is 4.27. The van der Waals surface area contributed by atoms with E-state index in [1.165, 1.54) is 30.2 Å². The van der Waals surface area contributed by atoms with Gasteiger partial charge in [-0.15, -0.1) is 0 Å². The monoisotopic (exact) mass is 424 g/mol. The Labute approximate surface area is 169 Å². The topological polar surface area (TPSA) is 84.9 Å². The summed E-state index contributed by atoms with van der Waals surface area (Å²) in [5, 5.41) is 0.188. The van der Waals surface area contributed by atoms with E-state index in [1.54, 1.807) is 39.1 Å². The molecule has 1 aliphatic heterocycles. The highest BCUT2D eigenvalue weighted by molar-refractivity contribution is 7.92. The van der Waals surface area contributed by atoms with E-state index < -0.39 is 15.4 Å². The third kappa shape index (κ3) is 3.74. The van der Waals surface area contributed by atoms with Crippen molar-refractivity contribution in [2.24, 2.45) is 5.41 Å². The molecule has 0 aliphatic carbocycles. The molecule has 2 aromatic rings. The third-order valence-electron chi connectivity index (χ3n) is 4.48. The molecular formula is C19H21ClN2O5S. The molecule has 0 unspecified atom stereocenters. The van der Waals surface area contributed by atoms with Crippen LogP contribution in [0.15, 0.2) is 41.3 Å². The summed E-state index contributed by atoms with van der Waals surface area (Å²) in [5.41, 5.74) is 0.102. The Hall–Kier alpha value is -2.45. The molecular weight excluding hydrogens is 404 g/mol. The van der Waals surface area contributed by atoms with Gasteiger partial charge in [0.15, 0.2) is 0 Å². The average Bonchev–Trinajstić information content (AvgIpc) is 2.72. The van der Waals surface area contributed by atoms with E-state index in [0.29, 0.717) is 22.9 Å². The summed E-state index contributed by atoms with van der Waals surface area (Å²) in [6.45, 7) is 3.84. The third-order valence-corrected chi connectivity index (χ3v) is 6.15. The minimum atomic E-state index is -3.88. The first-order valence-corrected chi connectivity index (χ1v) is 10.3. The average molecular weight is 425 g/mol. The molecule has 1 N–H and O–H groups in total. The Morgan fingerprint density at radius 3 is 2.57 bits per heavy atom. The van der Waals surface area contributed by atoms with Crippen molar-refractivity contribution < 1.29 is 22.7 Å². The van der Waals surface area contributed by atoms with Crippen molar-refractivity contribution in [3.63, 3.8) is 0 Å². The van der Waals surface area contributed by atoms with Crippen molar-refractivity contribution in [1.82, 2.24) is 0 Å². The first-order chi connectivity index (χ1) is 13.0. The highest BCUT2D eigenvalue weighted by Crippen LogP contribution is 2.38. The Morgan fingerprint density at radius 1 is 1.21 bits per heavy atom. The van der Waals surface area contributed by atoms with Crippen molar-refractivity contribution in [2.45, 2.75) is 18.7 Å². The van der Waals surface area contributed by atoms with E-state index in [2.05, 4.69) is 4.72 Å². The highest BCUT2D eigenvalue weighted by Gasteiger charge is 2.36. The Bertz CT molecular complexity index is 1040. The van der Waals surface area contributed by atoms with Gasteiger partial charge in [-0.05, 0) is 50.2 Å². The molecule has 1 heterocycles. The maximum Gasteiger partial charge on any atom is 0.261 e. The van der Waals surface area contributed by atoms with Crippen molar-refractivity contribution in [3.05, 3.63) is 41.4 Å². The van der Waals surface area contributed by atoms with Crippen LogP contribution in [0, 0.1) is 5.41 Å². The fraction of sp³-hybridized carbons (Fsp3) is 0.316. The quantitative estimate of drug-likeness (QED) is 0.811. The molecule has 9 heteroatoms. The summed E-state index contributed by atoms with van der Waals surface area (Å²) in [6.07, 6.45) is 0. The number of nitrogens with zero attached hydrogens (tertiary/aromatic N) is 1. The molecule has 3 rings (SSSR count). The largest absolute Gasteiger partial charge is 0.495 e. The first kappa shape index (κ1) is 20.3. The lowest BCUT2D eigenvalue weighted by atomic mass is 9.93. The van der Waals surface area contributed by atoms with E-state index in [-0.39, 0.29) is 22.4 Å². The molecule has 28 heavy (non-hydrogen) atoms. The highest BCUT2D eigenvalue weighted by atomic mass is 35.5. The number of carbonyl (C=O) groups is 1. The van der Waals surface area contributed by atoms with Gasteiger partial charge in [0.05, 0.1) is 33.8 Å². The number of rotatable bonds is 4. The minimum absolute atomic E-state index is 0.00458. The lowest BCUT2D eigenvalue weighted by Gasteiger charge is -2.24. The molecule has 0 radical (unpaired) electrons. The predicted octanol–water partition coefficient (Wildman–Crippen LogP) is 3.53. The Balaban J connectivity index is 1.93. The lowest BCUT2D eigenvalue weighted by molar-refractivity contribution is -0.127. The van der Waals surface area contributed by atoms with Crippen LogP contribution in [-0.2, 0) is 14.8 Å². The van der Waals surface area contributed by atoms with E-state index in [4.69, 9.17) is 21.1 Å². The van der Waals surface area contributed by atoms with E-state index in [0.717, 1.165) is 0 Å². The number of hydrogen-bond donors (Lipinski definition) is 1. The smallest absolute Gasteiger partial charge is 0.261 e. The Kier molecular flexibility index (Phi) is 5.20. The first-order valence-electron chi connectivity index (χ1n) is 8.46. The number of amides is 1. The summed E-state index contributed by atoms with van der Waals surface area (Å²) < 4.78 is 38.7. The van der Waals surface area contributed by atoms with Gasteiger partial charge in [-0.2, -0.15) is 0 Å². The van der Waals surface area contributed by atoms with Gasteiger partial charge in [0.25, 0.3) is 10.0 Å². The van der Waals surface area contributed by atoms with Gasteiger partial charge < -0.3 is 14.4 Å². The van der Waals surface area contributed by atoms with E-state index in [9.17, 15) is 13.2 Å². The van der Waals surface area contributed by atoms with Gasteiger partial charge in [0.2, 0.25) is 5.91 Å². The zero-order valence-corrected chi connectivity index (χ0v) is 17.5. The van der Waals surface area contributed by atoms with Crippen LogP contribution in [0.4, 0.5) is 11.4 Å². The summed E-state index contributed by atoms with van der Waals surface area (Å²) in [7, 11) is -0.798. The lowest BCUT2D eigenvalue weighted by Crippen LogP contribution is -2.39. The second-order valence-electron chi connectivity index (χ2n) is 7.12. The van der Waals surface area contributed by atoms with E-state index in [1.807, 2.05) is 0 Å². The molecule has 1 amide bonds. The van der Waals surface area contributed by atoms with Crippen molar-refractivity contribution in [1.29, 1.82) is 0 Å². The van der Waals surface area contributed by atoms with Gasteiger partial charge in [0, 0.05) is 7.05 Å². The number of sulfonamides is 1. The molecule has 0 saturated heterocycles. The Morgan fingerprint density at radius 2 is 1.93 bits per heavy atom. The minimum Gasteiger partial charge on any atom is -0.495 e. The normalized spacial score (nSPS) is 16.0. The van der Waals surface area contributed by atoms with Crippen LogP contribution in [0.1, 0.15) is 13.8 Å². The predicted molar refractivity (Wildman–Crippen MR) is 108 cm³/mol. The maximum absolute atomic E-state index is 12.7. The SMILES string of the molecule is COc1ccc(S(=O)(=O)Nc2ccc3c(c2)N(C)C(=O)C(C)(C)CO3)cc1Cl. The number of carbonyl (C=O) groups excluding carboxylic acids is 1. The number of nitrogens with one attached hydrogen (secondary N) is 1. The molecule has 0 spiro atoms. The molecule has 2 aromatic carbocycles. The van der Waals surface area contributed by atoms with Gasteiger partial charge in [-0.25, -0.2) is 8.42 Å². The summed E-state index contributed by atoms with van der Waals surface area (Å²) in [6, 6.07) is 8.98. The van der Waals surface area contributed by atoms with E-state index >= 15 is 0 Å².